The molecule has 2 saturated heterocycles. The maximum atomic E-state index is 12.9. The Morgan fingerprint density at radius 1 is 0.900 bits per heavy atom. The van der Waals surface area contributed by atoms with E-state index in [0.717, 1.165) is 11.1 Å². The van der Waals surface area contributed by atoms with Gasteiger partial charge in [0.1, 0.15) is 12.5 Å². The second kappa shape index (κ2) is 8.16. The van der Waals surface area contributed by atoms with Crippen LogP contribution in [0, 0.1) is 5.92 Å². The minimum Gasteiger partial charge on any atom is -0.469 e. The van der Waals surface area contributed by atoms with Crippen molar-refractivity contribution in [1.29, 1.82) is 0 Å². The van der Waals surface area contributed by atoms with Gasteiger partial charge in [-0.3, -0.25) is 4.79 Å². The maximum absolute atomic E-state index is 12.9. The van der Waals surface area contributed by atoms with Gasteiger partial charge in [-0.2, -0.15) is 5.01 Å². The zero-order valence-electron chi connectivity index (χ0n) is 16.6. The third-order valence-corrected chi connectivity index (χ3v) is 5.59. The van der Waals surface area contributed by atoms with Crippen molar-refractivity contribution in [2.75, 3.05) is 20.8 Å². The van der Waals surface area contributed by atoms with Gasteiger partial charge < -0.3 is 14.2 Å². The Hall–Kier alpha value is -3.39. The molecule has 2 aromatic rings. The van der Waals surface area contributed by atoms with Gasteiger partial charge in [0, 0.05) is 0 Å². The van der Waals surface area contributed by atoms with E-state index >= 15 is 0 Å². The molecule has 8 heteroatoms. The standard InChI is InChI=1S/C22H22N2O6/c1-28-20(25)17-18(15-11-7-4-8-12-15)23-16(14-9-5-3-6-10-14)13-30-22(27)24(23)19(17)21(26)29-2/h3-12,16-19H,13H2,1-2H3/t16-,17-,18-,19-/m0/s1. The third kappa shape index (κ3) is 3.19. The van der Waals surface area contributed by atoms with E-state index in [1.165, 1.54) is 19.2 Å². The van der Waals surface area contributed by atoms with Gasteiger partial charge in [0.2, 0.25) is 0 Å². The van der Waals surface area contributed by atoms with E-state index in [4.69, 9.17) is 14.2 Å². The molecule has 2 heterocycles. The summed E-state index contributed by atoms with van der Waals surface area (Å²) in [6.07, 6.45) is -0.704. The summed E-state index contributed by atoms with van der Waals surface area (Å²) in [6, 6.07) is 16.6. The van der Waals surface area contributed by atoms with Crippen molar-refractivity contribution in [2.24, 2.45) is 5.92 Å². The SMILES string of the molecule is COC(=O)[C@@H]1[C@@H](C(=O)OC)N2C(=O)OC[C@@H](c3ccccc3)N2[C@H]1c1ccccc1. The number of esters is 2. The highest BCUT2D eigenvalue weighted by Gasteiger charge is 2.61. The summed E-state index contributed by atoms with van der Waals surface area (Å²) in [4.78, 5) is 38.5. The summed E-state index contributed by atoms with van der Waals surface area (Å²) in [5.74, 6) is -2.30. The molecule has 2 aliphatic heterocycles. The van der Waals surface area contributed by atoms with E-state index in [1.54, 1.807) is 5.01 Å². The van der Waals surface area contributed by atoms with Gasteiger partial charge in [0.05, 0.1) is 26.3 Å². The zero-order chi connectivity index (χ0) is 21.3. The molecule has 4 atom stereocenters. The monoisotopic (exact) mass is 410 g/mol. The molecule has 0 bridgehead atoms. The number of benzene rings is 2. The van der Waals surface area contributed by atoms with Gasteiger partial charge in [-0.15, -0.1) is 0 Å². The number of amides is 1. The minimum absolute atomic E-state index is 0.0878. The summed E-state index contributed by atoms with van der Waals surface area (Å²) in [7, 11) is 2.49. The summed E-state index contributed by atoms with van der Waals surface area (Å²) in [5, 5.41) is 2.98. The van der Waals surface area contributed by atoms with Crippen LogP contribution in [0.4, 0.5) is 4.79 Å². The van der Waals surface area contributed by atoms with Crippen LogP contribution in [0.2, 0.25) is 0 Å². The average Bonchev–Trinajstić information content (AvgIpc) is 3.16. The molecule has 0 aromatic heterocycles. The van der Waals surface area contributed by atoms with Gasteiger partial charge >= 0.3 is 18.0 Å². The Morgan fingerprint density at radius 3 is 2.03 bits per heavy atom. The number of carbonyl (C=O) groups excluding carboxylic acids is 3. The Bertz CT molecular complexity index is 935. The molecular formula is C22H22N2O6. The van der Waals surface area contributed by atoms with Crippen molar-refractivity contribution < 1.29 is 28.6 Å². The molecule has 2 fully saturated rings. The number of fused-ring (bicyclic) bond motifs is 1. The van der Waals surface area contributed by atoms with E-state index in [2.05, 4.69) is 0 Å². The lowest BCUT2D eigenvalue weighted by molar-refractivity contribution is -0.159. The van der Waals surface area contributed by atoms with Crippen molar-refractivity contribution in [3.8, 4) is 0 Å². The van der Waals surface area contributed by atoms with E-state index in [9.17, 15) is 14.4 Å². The van der Waals surface area contributed by atoms with Crippen LogP contribution in [-0.2, 0) is 23.8 Å². The largest absolute Gasteiger partial charge is 0.469 e. The van der Waals surface area contributed by atoms with E-state index in [1.807, 2.05) is 60.7 Å². The molecule has 2 aliphatic rings. The fourth-order valence-electron chi connectivity index (χ4n) is 4.31. The first kappa shape index (κ1) is 19.9. The molecule has 0 N–H and O–H groups in total. The summed E-state index contributed by atoms with van der Waals surface area (Å²) < 4.78 is 15.4. The van der Waals surface area contributed by atoms with Crippen LogP contribution in [0.15, 0.2) is 60.7 Å². The lowest BCUT2D eigenvalue weighted by Gasteiger charge is -2.42. The van der Waals surface area contributed by atoms with E-state index in [0.29, 0.717) is 0 Å². The lowest BCUT2D eigenvalue weighted by atomic mass is 9.88. The molecule has 0 aliphatic carbocycles. The molecule has 0 spiro atoms. The van der Waals surface area contributed by atoms with Crippen LogP contribution in [0.25, 0.3) is 0 Å². The first-order chi connectivity index (χ1) is 14.6. The second-order valence-corrected chi connectivity index (χ2v) is 7.10. The first-order valence-corrected chi connectivity index (χ1v) is 9.58. The number of hydrogen-bond acceptors (Lipinski definition) is 7. The number of hydrogen-bond donors (Lipinski definition) is 0. The summed E-state index contributed by atoms with van der Waals surface area (Å²) >= 11 is 0. The van der Waals surface area contributed by atoms with Gasteiger partial charge in [0.15, 0.2) is 6.04 Å². The van der Waals surface area contributed by atoms with Crippen LogP contribution < -0.4 is 0 Å². The first-order valence-electron chi connectivity index (χ1n) is 9.58. The minimum atomic E-state index is -1.20. The van der Waals surface area contributed by atoms with Crippen LogP contribution in [0.1, 0.15) is 23.2 Å². The molecule has 0 radical (unpaired) electrons. The molecule has 1 amide bonds. The number of carbonyl (C=O) groups is 3. The highest BCUT2D eigenvalue weighted by Crippen LogP contribution is 2.49. The highest BCUT2D eigenvalue weighted by atomic mass is 16.6. The number of cyclic esters (lactones) is 1. The molecular weight excluding hydrogens is 388 g/mol. The highest BCUT2D eigenvalue weighted by molar-refractivity contribution is 5.89. The number of ether oxygens (including phenoxy) is 3. The third-order valence-electron chi connectivity index (χ3n) is 5.59. The normalized spacial score (nSPS) is 25.9. The molecule has 156 valence electrons. The second-order valence-electron chi connectivity index (χ2n) is 7.10. The van der Waals surface area contributed by atoms with E-state index < -0.39 is 42.1 Å². The van der Waals surface area contributed by atoms with Gasteiger partial charge in [-0.05, 0) is 11.1 Å². The number of hydrazine groups is 1. The van der Waals surface area contributed by atoms with E-state index in [-0.39, 0.29) is 6.61 Å². The fraction of sp³-hybridized carbons (Fsp3) is 0.318. The van der Waals surface area contributed by atoms with Crippen molar-refractivity contribution in [2.45, 2.75) is 18.1 Å². The van der Waals surface area contributed by atoms with Crippen molar-refractivity contribution in [1.82, 2.24) is 10.0 Å². The molecule has 0 unspecified atom stereocenters. The predicted molar refractivity (Wildman–Crippen MR) is 105 cm³/mol. The van der Waals surface area contributed by atoms with Crippen LogP contribution >= 0.6 is 0 Å². The Morgan fingerprint density at radius 2 is 1.47 bits per heavy atom. The molecule has 4 rings (SSSR count). The van der Waals surface area contributed by atoms with Crippen molar-refractivity contribution in [3.05, 3.63) is 71.8 Å². The van der Waals surface area contributed by atoms with Crippen molar-refractivity contribution in [3.63, 3.8) is 0 Å². The summed E-state index contributed by atoms with van der Waals surface area (Å²) in [5.41, 5.74) is 1.67. The molecule has 8 nitrogen and oxygen atoms in total. The molecule has 30 heavy (non-hydrogen) atoms. The van der Waals surface area contributed by atoms with Gasteiger partial charge in [-0.1, -0.05) is 60.7 Å². The Balaban J connectivity index is 1.91. The Labute approximate surface area is 173 Å². The Kier molecular flexibility index (Phi) is 5.41. The molecule has 0 saturated carbocycles. The van der Waals surface area contributed by atoms with Gasteiger partial charge in [0.25, 0.3) is 0 Å². The maximum Gasteiger partial charge on any atom is 0.425 e. The smallest absolute Gasteiger partial charge is 0.425 e. The van der Waals surface area contributed by atoms with Crippen LogP contribution in [0.5, 0.6) is 0 Å². The zero-order valence-corrected chi connectivity index (χ0v) is 16.6. The van der Waals surface area contributed by atoms with Gasteiger partial charge in [-0.25, -0.2) is 14.6 Å². The number of methoxy groups -OCH3 is 2. The lowest BCUT2D eigenvalue weighted by Crippen LogP contribution is -2.55. The quantitative estimate of drug-likeness (QED) is 0.565. The predicted octanol–water partition coefficient (Wildman–Crippen LogP) is 2.48. The topological polar surface area (TPSA) is 85.4 Å². The average molecular weight is 410 g/mol. The molecule has 2 aromatic carbocycles. The number of rotatable bonds is 4. The van der Waals surface area contributed by atoms with Crippen LogP contribution in [-0.4, -0.2) is 54.9 Å². The fourth-order valence-corrected chi connectivity index (χ4v) is 4.31. The van der Waals surface area contributed by atoms with Crippen molar-refractivity contribution >= 4 is 18.0 Å². The van der Waals surface area contributed by atoms with Crippen LogP contribution in [0.3, 0.4) is 0 Å². The summed E-state index contributed by atoms with van der Waals surface area (Å²) in [6.45, 7) is 0.0878. The number of nitrogens with zero attached hydrogens (tertiary/aromatic N) is 2.